The second-order valence-corrected chi connectivity index (χ2v) is 6.89. The first kappa shape index (κ1) is 16.7. The van der Waals surface area contributed by atoms with Crippen LogP contribution in [0, 0.1) is 0 Å². The van der Waals surface area contributed by atoms with Gasteiger partial charge in [0, 0.05) is 12.2 Å². The predicted molar refractivity (Wildman–Crippen MR) is 94.3 cm³/mol. The molecule has 0 atom stereocenters. The van der Waals surface area contributed by atoms with Gasteiger partial charge in [-0.15, -0.1) is 10.2 Å². The molecule has 1 aromatic heterocycles. The summed E-state index contributed by atoms with van der Waals surface area (Å²) in [6.45, 7) is 2.07. The van der Waals surface area contributed by atoms with Crippen molar-refractivity contribution >= 4 is 40.2 Å². The van der Waals surface area contributed by atoms with E-state index in [9.17, 15) is 4.79 Å². The van der Waals surface area contributed by atoms with Crippen LogP contribution in [0.4, 0.5) is 5.13 Å². The van der Waals surface area contributed by atoms with Crippen molar-refractivity contribution < 1.29 is 4.79 Å². The summed E-state index contributed by atoms with van der Waals surface area (Å²) in [4.78, 5) is 11.6. The molecule has 0 saturated carbocycles. The molecule has 1 aromatic carbocycles. The highest BCUT2D eigenvalue weighted by Gasteiger charge is 2.07. The molecular weight excluding hydrogens is 314 g/mol. The standard InChI is InChI=1S/C16H19N3OS2/c1-2-3-11-14(20)17-15-18-19-16(22-15)21-12-7-10-13-8-5-4-6-9-13/h4-10H,2-3,11-12H2,1H3,(H,17,18,20)/b10-7+. The zero-order valence-corrected chi connectivity index (χ0v) is 14.1. The number of hydrogen-bond donors (Lipinski definition) is 1. The normalized spacial score (nSPS) is 11.0. The molecule has 4 nitrogen and oxygen atoms in total. The van der Waals surface area contributed by atoms with Gasteiger partial charge in [0.1, 0.15) is 0 Å². The molecule has 0 fully saturated rings. The molecule has 2 rings (SSSR count). The van der Waals surface area contributed by atoms with Crippen molar-refractivity contribution in [2.75, 3.05) is 11.1 Å². The number of nitrogens with zero attached hydrogens (tertiary/aromatic N) is 2. The van der Waals surface area contributed by atoms with Crippen LogP contribution in [0.25, 0.3) is 6.08 Å². The third-order valence-electron chi connectivity index (χ3n) is 2.82. The van der Waals surface area contributed by atoms with E-state index < -0.39 is 0 Å². The Bertz CT molecular complexity index is 611. The Labute approximate surface area is 139 Å². The number of nitrogens with one attached hydrogen (secondary N) is 1. The minimum atomic E-state index is 0.0125. The largest absolute Gasteiger partial charge is 0.301 e. The monoisotopic (exact) mass is 333 g/mol. The van der Waals surface area contributed by atoms with Crippen molar-refractivity contribution in [2.45, 2.75) is 30.5 Å². The molecule has 2 aromatic rings. The van der Waals surface area contributed by atoms with Crippen molar-refractivity contribution in [1.29, 1.82) is 0 Å². The lowest BCUT2D eigenvalue weighted by Crippen LogP contribution is -2.10. The van der Waals surface area contributed by atoms with Crippen LogP contribution in [0.1, 0.15) is 31.7 Å². The quantitative estimate of drug-likeness (QED) is 0.572. The van der Waals surface area contributed by atoms with Gasteiger partial charge in [0.15, 0.2) is 4.34 Å². The van der Waals surface area contributed by atoms with E-state index in [1.807, 2.05) is 18.2 Å². The number of hydrogen-bond acceptors (Lipinski definition) is 5. The van der Waals surface area contributed by atoms with Gasteiger partial charge in [0.05, 0.1) is 0 Å². The van der Waals surface area contributed by atoms with Crippen LogP contribution in [-0.4, -0.2) is 21.9 Å². The van der Waals surface area contributed by atoms with Crippen molar-refractivity contribution in [1.82, 2.24) is 10.2 Å². The Morgan fingerprint density at radius 3 is 2.91 bits per heavy atom. The molecule has 0 spiro atoms. The highest BCUT2D eigenvalue weighted by Crippen LogP contribution is 2.25. The van der Waals surface area contributed by atoms with Crippen LogP contribution in [0.2, 0.25) is 0 Å². The van der Waals surface area contributed by atoms with E-state index in [0.717, 1.165) is 22.9 Å². The molecule has 0 radical (unpaired) electrons. The van der Waals surface area contributed by atoms with Crippen molar-refractivity contribution in [3.8, 4) is 0 Å². The van der Waals surface area contributed by atoms with E-state index in [1.165, 1.54) is 16.9 Å². The minimum Gasteiger partial charge on any atom is -0.301 e. The van der Waals surface area contributed by atoms with Crippen molar-refractivity contribution in [2.24, 2.45) is 0 Å². The number of carbonyl (C=O) groups is 1. The molecular formula is C16H19N3OS2. The fourth-order valence-electron chi connectivity index (χ4n) is 1.71. The minimum absolute atomic E-state index is 0.0125. The van der Waals surface area contributed by atoms with Gasteiger partial charge in [0.2, 0.25) is 11.0 Å². The number of benzene rings is 1. The molecule has 0 aliphatic rings. The summed E-state index contributed by atoms with van der Waals surface area (Å²) in [5, 5.41) is 11.4. The van der Waals surface area contributed by atoms with E-state index in [-0.39, 0.29) is 5.91 Å². The van der Waals surface area contributed by atoms with Gasteiger partial charge < -0.3 is 5.32 Å². The summed E-state index contributed by atoms with van der Waals surface area (Å²) >= 11 is 3.03. The summed E-state index contributed by atoms with van der Waals surface area (Å²) in [5.41, 5.74) is 1.18. The highest BCUT2D eigenvalue weighted by atomic mass is 32.2. The number of aromatic nitrogens is 2. The first-order valence-corrected chi connectivity index (χ1v) is 9.06. The van der Waals surface area contributed by atoms with Crippen molar-refractivity contribution in [3.63, 3.8) is 0 Å². The summed E-state index contributed by atoms with van der Waals surface area (Å²) in [6.07, 6.45) is 6.63. The topological polar surface area (TPSA) is 54.9 Å². The van der Waals surface area contributed by atoms with Crippen LogP contribution in [-0.2, 0) is 4.79 Å². The molecule has 22 heavy (non-hydrogen) atoms. The molecule has 1 amide bonds. The number of rotatable bonds is 8. The number of carbonyl (C=O) groups excluding carboxylic acids is 1. The summed E-state index contributed by atoms with van der Waals surface area (Å²) in [7, 11) is 0. The third-order valence-corrected chi connectivity index (χ3v) is 4.75. The lowest BCUT2D eigenvalue weighted by molar-refractivity contribution is -0.116. The fourth-order valence-corrected chi connectivity index (χ4v) is 3.31. The van der Waals surface area contributed by atoms with Gasteiger partial charge >= 0.3 is 0 Å². The van der Waals surface area contributed by atoms with E-state index in [2.05, 4.69) is 46.7 Å². The Kier molecular flexibility index (Phi) is 7.12. The van der Waals surface area contributed by atoms with Crippen LogP contribution in [0.15, 0.2) is 40.7 Å². The number of unbranched alkanes of at least 4 members (excludes halogenated alkanes) is 1. The zero-order chi connectivity index (χ0) is 15.6. The van der Waals surface area contributed by atoms with E-state index in [4.69, 9.17) is 0 Å². The van der Waals surface area contributed by atoms with Gasteiger partial charge in [-0.25, -0.2) is 0 Å². The summed E-state index contributed by atoms with van der Waals surface area (Å²) < 4.78 is 0.864. The smallest absolute Gasteiger partial charge is 0.226 e. The first-order chi connectivity index (χ1) is 10.8. The average molecular weight is 333 g/mol. The lowest BCUT2D eigenvalue weighted by Gasteiger charge is -1.98. The fraction of sp³-hybridized carbons (Fsp3) is 0.312. The second kappa shape index (κ2) is 9.38. The molecule has 0 bridgehead atoms. The number of amides is 1. The Morgan fingerprint density at radius 1 is 1.32 bits per heavy atom. The van der Waals surface area contributed by atoms with Crippen LogP contribution < -0.4 is 5.32 Å². The van der Waals surface area contributed by atoms with E-state index in [0.29, 0.717) is 11.6 Å². The molecule has 0 aliphatic heterocycles. The Morgan fingerprint density at radius 2 is 2.14 bits per heavy atom. The first-order valence-electron chi connectivity index (χ1n) is 7.25. The molecule has 1 N–H and O–H groups in total. The average Bonchev–Trinajstić information content (AvgIpc) is 2.98. The maximum Gasteiger partial charge on any atom is 0.226 e. The predicted octanol–water partition coefficient (Wildman–Crippen LogP) is 4.47. The van der Waals surface area contributed by atoms with Crippen LogP contribution >= 0.6 is 23.1 Å². The summed E-state index contributed by atoms with van der Waals surface area (Å²) in [5.74, 6) is 0.839. The van der Waals surface area contributed by atoms with E-state index in [1.54, 1.807) is 11.8 Å². The zero-order valence-electron chi connectivity index (χ0n) is 12.5. The molecule has 6 heteroatoms. The lowest BCUT2D eigenvalue weighted by atomic mass is 10.2. The van der Waals surface area contributed by atoms with Gasteiger partial charge in [-0.3, -0.25) is 4.79 Å². The van der Waals surface area contributed by atoms with Crippen LogP contribution in [0.5, 0.6) is 0 Å². The maximum atomic E-state index is 11.6. The Hall–Kier alpha value is -1.66. The third kappa shape index (κ3) is 5.99. The van der Waals surface area contributed by atoms with E-state index >= 15 is 0 Å². The molecule has 0 saturated heterocycles. The molecule has 116 valence electrons. The Balaban J connectivity index is 1.75. The van der Waals surface area contributed by atoms with Gasteiger partial charge in [0.25, 0.3) is 0 Å². The van der Waals surface area contributed by atoms with Gasteiger partial charge in [-0.1, -0.05) is 78.9 Å². The maximum absolute atomic E-state index is 11.6. The SMILES string of the molecule is CCCCC(=O)Nc1nnc(SC/C=C/c2ccccc2)s1. The number of thioether (sulfide) groups is 1. The summed E-state index contributed by atoms with van der Waals surface area (Å²) in [6, 6.07) is 10.2. The second-order valence-electron chi connectivity index (χ2n) is 4.65. The molecule has 1 heterocycles. The molecule has 0 aliphatic carbocycles. The van der Waals surface area contributed by atoms with Crippen LogP contribution in [0.3, 0.4) is 0 Å². The highest BCUT2D eigenvalue weighted by molar-refractivity contribution is 8.01. The molecule has 0 unspecified atom stereocenters. The van der Waals surface area contributed by atoms with Gasteiger partial charge in [-0.05, 0) is 12.0 Å². The van der Waals surface area contributed by atoms with Crippen molar-refractivity contribution in [3.05, 3.63) is 42.0 Å². The number of anilines is 1. The van der Waals surface area contributed by atoms with Gasteiger partial charge in [-0.2, -0.15) is 0 Å².